The fourth-order valence-electron chi connectivity index (χ4n) is 1.78. The zero-order valence-electron chi connectivity index (χ0n) is 11.0. The number of amides is 1. The molecule has 4 nitrogen and oxygen atoms in total. The number of carbonyl (C=O) groups is 1. The first-order valence-corrected chi connectivity index (χ1v) is 6.85. The van der Waals surface area contributed by atoms with Crippen LogP contribution in [0.25, 0.3) is 0 Å². The number of halogens is 1. The Bertz CT molecular complexity index is 629. The van der Waals surface area contributed by atoms with E-state index in [4.69, 9.17) is 10.5 Å². The molecule has 0 aliphatic heterocycles. The highest BCUT2D eigenvalue weighted by atomic mass is 79.9. The van der Waals surface area contributed by atoms with Crippen LogP contribution >= 0.6 is 15.9 Å². The van der Waals surface area contributed by atoms with Crippen molar-refractivity contribution in [1.82, 2.24) is 5.32 Å². The van der Waals surface area contributed by atoms with Crippen LogP contribution in [-0.2, 0) is 6.54 Å². The molecule has 0 unspecified atom stereocenters. The number of ether oxygens (including phenoxy) is 1. The van der Waals surface area contributed by atoms with E-state index in [9.17, 15) is 4.79 Å². The van der Waals surface area contributed by atoms with Crippen LogP contribution in [0.1, 0.15) is 15.9 Å². The maximum atomic E-state index is 12.1. The molecule has 2 rings (SSSR count). The lowest BCUT2D eigenvalue weighted by molar-refractivity contribution is 0.0950. The number of anilines is 1. The Balaban J connectivity index is 2.06. The largest absolute Gasteiger partial charge is 0.497 e. The van der Waals surface area contributed by atoms with Crippen LogP contribution in [0.2, 0.25) is 0 Å². The predicted octanol–water partition coefficient (Wildman–Crippen LogP) is 2.97. The molecule has 1 amide bonds. The van der Waals surface area contributed by atoms with E-state index in [1.165, 1.54) is 0 Å². The number of nitrogens with one attached hydrogen (secondary N) is 1. The summed E-state index contributed by atoms with van der Waals surface area (Å²) in [6, 6.07) is 12.7. The first-order chi connectivity index (χ1) is 9.60. The standard InChI is InChI=1S/C15H15BrN2O2/c1-20-12-4-2-3-10(7-12)9-18-15(19)13-8-11(17)5-6-14(13)16/h2-8H,9,17H2,1H3,(H,18,19). The summed E-state index contributed by atoms with van der Waals surface area (Å²) in [7, 11) is 1.61. The van der Waals surface area contributed by atoms with Gasteiger partial charge in [-0.15, -0.1) is 0 Å². The summed E-state index contributed by atoms with van der Waals surface area (Å²) in [6.45, 7) is 0.428. The van der Waals surface area contributed by atoms with Gasteiger partial charge in [0.05, 0.1) is 12.7 Å². The van der Waals surface area contributed by atoms with Gasteiger partial charge in [-0.25, -0.2) is 0 Å². The van der Waals surface area contributed by atoms with E-state index in [1.54, 1.807) is 25.3 Å². The Morgan fingerprint density at radius 1 is 1.30 bits per heavy atom. The highest BCUT2D eigenvalue weighted by Crippen LogP contribution is 2.19. The molecule has 0 aliphatic rings. The Labute approximate surface area is 126 Å². The summed E-state index contributed by atoms with van der Waals surface area (Å²) in [6.07, 6.45) is 0. The molecule has 20 heavy (non-hydrogen) atoms. The molecule has 104 valence electrons. The van der Waals surface area contributed by atoms with Gasteiger partial charge in [0.15, 0.2) is 0 Å². The van der Waals surface area contributed by atoms with E-state index in [0.717, 1.165) is 15.8 Å². The molecule has 0 saturated carbocycles. The fourth-order valence-corrected chi connectivity index (χ4v) is 2.20. The molecule has 0 radical (unpaired) electrons. The molecule has 3 N–H and O–H groups in total. The third-order valence-corrected chi connectivity index (χ3v) is 3.51. The van der Waals surface area contributed by atoms with Gasteiger partial charge in [-0.2, -0.15) is 0 Å². The Morgan fingerprint density at radius 2 is 2.10 bits per heavy atom. The zero-order chi connectivity index (χ0) is 14.5. The first kappa shape index (κ1) is 14.4. The Hall–Kier alpha value is -2.01. The molecule has 0 bridgehead atoms. The van der Waals surface area contributed by atoms with Crippen LogP contribution < -0.4 is 15.8 Å². The molecule has 0 saturated heterocycles. The minimum atomic E-state index is -0.174. The summed E-state index contributed by atoms with van der Waals surface area (Å²) in [5.41, 5.74) is 7.74. The molecule has 2 aromatic rings. The second kappa shape index (κ2) is 6.43. The van der Waals surface area contributed by atoms with Crippen LogP contribution in [-0.4, -0.2) is 13.0 Å². The third-order valence-electron chi connectivity index (χ3n) is 2.82. The van der Waals surface area contributed by atoms with Crippen molar-refractivity contribution >= 4 is 27.5 Å². The van der Waals surface area contributed by atoms with Crippen molar-refractivity contribution in [1.29, 1.82) is 0 Å². The van der Waals surface area contributed by atoms with E-state index in [2.05, 4.69) is 21.2 Å². The topological polar surface area (TPSA) is 64.3 Å². The molecule has 0 heterocycles. The van der Waals surface area contributed by atoms with Crippen molar-refractivity contribution in [2.45, 2.75) is 6.54 Å². The second-order valence-electron chi connectivity index (χ2n) is 4.27. The van der Waals surface area contributed by atoms with Gasteiger partial charge in [-0.05, 0) is 51.8 Å². The molecular formula is C15H15BrN2O2. The molecule has 0 spiro atoms. The lowest BCUT2D eigenvalue weighted by Gasteiger charge is -2.08. The number of hydrogen-bond donors (Lipinski definition) is 2. The average Bonchev–Trinajstić information content (AvgIpc) is 2.47. The number of hydrogen-bond acceptors (Lipinski definition) is 3. The number of methoxy groups -OCH3 is 1. The van der Waals surface area contributed by atoms with Crippen LogP contribution in [0.3, 0.4) is 0 Å². The molecule has 0 fully saturated rings. The van der Waals surface area contributed by atoms with Crippen molar-refractivity contribution in [3.05, 3.63) is 58.1 Å². The lowest BCUT2D eigenvalue weighted by atomic mass is 10.1. The maximum Gasteiger partial charge on any atom is 0.252 e. The van der Waals surface area contributed by atoms with E-state index >= 15 is 0 Å². The minimum absolute atomic E-state index is 0.174. The van der Waals surface area contributed by atoms with Crippen molar-refractivity contribution in [2.75, 3.05) is 12.8 Å². The second-order valence-corrected chi connectivity index (χ2v) is 5.13. The zero-order valence-corrected chi connectivity index (χ0v) is 12.6. The molecule has 2 aromatic carbocycles. The van der Waals surface area contributed by atoms with Crippen LogP contribution in [0, 0.1) is 0 Å². The normalized spacial score (nSPS) is 10.1. The number of carbonyl (C=O) groups excluding carboxylic acids is 1. The van der Waals surface area contributed by atoms with Crippen molar-refractivity contribution in [3.63, 3.8) is 0 Å². The quantitative estimate of drug-likeness (QED) is 0.845. The molecule has 0 aliphatic carbocycles. The van der Waals surface area contributed by atoms with Crippen LogP contribution in [0.15, 0.2) is 46.9 Å². The van der Waals surface area contributed by atoms with Crippen molar-refractivity contribution < 1.29 is 9.53 Å². The predicted molar refractivity (Wildman–Crippen MR) is 82.7 cm³/mol. The van der Waals surface area contributed by atoms with Crippen LogP contribution in [0.5, 0.6) is 5.75 Å². The summed E-state index contributed by atoms with van der Waals surface area (Å²) < 4.78 is 5.86. The first-order valence-electron chi connectivity index (χ1n) is 6.06. The van der Waals surface area contributed by atoms with Gasteiger partial charge in [0, 0.05) is 16.7 Å². The SMILES string of the molecule is COc1cccc(CNC(=O)c2cc(N)ccc2Br)c1. The van der Waals surface area contributed by atoms with Gasteiger partial charge in [-0.3, -0.25) is 4.79 Å². The van der Waals surface area contributed by atoms with E-state index in [1.807, 2.05) is 24.3 Å². The summed E-state index contributed by atoms with van der Waals surface area (Å²) in [5, 5.41) is 2.85. The molecule has 5 heteroatoms. The smallest absolute Gasteiger partial charge is 0.252 e. The van der Waals surface area contributed by atoms with Crippen LogP contribution in [0.4, 0.5) is 5.69 Å². The highest BCUT2D eigenvalue weighted by molar-refractivity contribution is 9.10. The Morgan fingerprint density at radius 3 is 2.85 bits per heavy atom. The maximum absolute atomic E-state index is 12.1. The van der Waals surface area contributed by atoms with Gasteiger partial charge >= 0.3 is 0 Å². The molecule has 0 atom stereocenters. The molecular weight excluding hydrogens is 320 g/mol. The number of nitrogen functional groups attached to an aromatic ring is 1. The monoisotopic (exact) mass is 334 g/mol. The molecule has 0 aromatic heterocycles. The number of rotatable bonds is 4. The van der Waals surface area contributed by atoms with Gasteiger partial charge in [0.25, 0.3) is 5.91 Å². The van der Waals surface area contributed by atoms with Crippen molar-refractivity contribution in [2.24, 2.45) is 0 Å². The number of nitrogens with two attached hydrogens (primary N) is 1. The fraction of sp³-hybridized carbons (Fsp3) is 0.133. The van der Waals surface area contributed by atoms with Crippen molar-refractivity contribution in [3.8, 4) is 5.75 Å². The van der Waals surface area contributed by atoms with E-state index < -0.39 is 0 Å². The summed E-state index contributed by atoms with van der Waals surface area (Å²) >= 11 is 3.34. The van der Waals surface area contributed by atoms with Gasteiger partial charge in [-0.1, -0.05) is 12.1 Å². The van der Waals surface area contributed by atoms with Gasteiger partial charge in [0.1, 0.15) is 5.75 Å². The highest BCUT2D eigenvalue weighted by Gasteiger charge is 2.10. The Kier molecular flexibility index (Phi) is 4.63. The van der Waals surface area contributed by atoms with E-state index in [0.29, 0.717) is 17.8 Å². The van der Waals surface area contributed by atoms with Gasteiger partial charge in [0.2, 0.25) is 0 Å². The van der Waals surface area contributed by atoms with Gasteiger partial charge < -0.3 is 15.8 Å². The average molecular weight is 335 g/mol. The van der Waals surface area contributed by atoms with E-state index in [-0.39, 0.29) is 5.91 Å². The number of benzene rings is 2. The summed E-state index contributed by atoms with van der Waals surface area (Å²) in [4.78, 5) is 12.1. The minimum Gasteiger partial charge on any atom is -0.497 e. The third kappa shape index (κ3) is 3.51. The summed E-state index contributed by atoms with van der Waals surface area (Å²) in [5.74, 6) is 0.592. The lowest BCUT2D eigenvalue weighted by Crippen LogP contribution is -2.23.